The molecule has 1 aromatic heterocycles. The van der Waals surface area contributed by atoms with E-state index in [2.05, 4.69) is 29.6 Å². The third-order valence-corrected chi connectivity index (χ3v) is 5.15. The maximum absolute atomic E-state index is 11.2. The maximum atomic E-state index is 11.2. The highest BCUT2D eigenvalue weighted by Crippen LogP contribution is 2.40. The van der Waals surface area contributed by atoms with Gasteiger partial charge in [-0.3, -0.25) is 4.79 Å². The first kappa shape index (κ1) is 11.3. The van der Waals surface area contributed by atoms with Crippen LogP contribution >= 0.6 is 23.1 Å². The summed E-state index contributed by atoms with van der Waals surface area (Å²) in [6.45, 7) is 0. The summed E-state index contributed by atoms with van der Waals surface area (Å²) in [5.74, 6) is 0.588. The van der Waals surface area contributed by atoms with Crippen molar-refractivity contribution in [1.82, 2.24) is 10.3 Å². The summed E-state index contributed by atoms with van der Waals surface area (Å²) < 4.78 is 0. The molecule has 19 heavy (non-hydrogen) atoms. The molecule has 0 saturated carbocycles. The summed E-state index contributed by atoms with van der Waals surface area (Å²) in [4.78, 5) is 17.2. The normalized spacial score (nSPS) is 18.5. The molecule has 1 aliphatic carbocycles. The number of nitrogens with one attached hydrogen (secondary N) is 1. The Bertz CT molecular complexity index is 718. The number of rotatable bonds is 1. The van der Waals surface area contributed by atoms with Crippen molar-refractivity contribution < 1.29 is 4.79 Å². The van der Waals surface area contributed by atoms with Crippen LogP contribution in [0, 0.1) is 0 Å². The number of thiazole rings is 1. The smallest absolute Gasteiger partial charge is 0.235 e. The predicted molar refractivity (Wildman–Crippen MR) is 78.9 cm³/mol. The van der Waals surface area contributed by atoms with Gasteiger partial charge in [-0.2, -0.15) is 0 Å². The van der Waals surface area contributed by atoms with Gasteiger partial charge in [0.1, 0.15) is 5.01 Å². The molecule has 2 aromatic rings. The fourth-order valence-electron chi connectivity index (χ4n) is 2.38. The van der Waals surface area contributed by atoms with Gasteiger partial charge in [0.15, 0.2) is 0 Å². The zero-order chi connectivity index (χ0) is 12.8. The Balaban J connectivity index is 1.71. The molecule has 4 rings (SSSR count). The van der Waals surface area contributed by atoms with Crippen LogP contribution in [0.3, 0.4) is 0 Å². The zero-order valence-electron chi connectivity index (χ0n) is 9.97. The molecule has 3 nitrogen and oxygen atoms in total. The summed E-state index contributed by atoms with van der Waals surface area (Å²) in [5, 5.41) is 4.72. The lowest BCUT2D eigenvalue weighted by Crippen LogP contribution is -2.13. The first-order chi connectivity index (χ1) is 9.29. The summed E-state index contributed by atoms with van der Waals surface area (Å²) in [7, 11) is 0. The molecule has 1 aliphatic heterocycles. The predicted octanol–water partition coefficient (Wildman–Crippen LogP) is 2.88. The molecule has 1 aromatic carbocycles. The number of fused-ring (bicyclic) bond motifs is 3. The fourth-order valence-corrected chi connectivity index (χ4v) is 4.24. The Labute approximate surface area is 118 Å². The highest BCUT2D eigenvalue weighted by atomic mass is 32.2. The molecule has 1 N–H and O–H groups in total. The zero-order valence-corrected chi connectivity index (χ0v) is 11.6. The molecule has 1 saturated heterocycles. The van der Waals surface area contributed by atoms with E-state index >= 15 is 0 Å². The van der Waals surface area contributed by atoms with Crippen LogP contribution in [-0.4, -0.2) is 16.6 Å². The Kier molecular flexibility index (Phi) is 2.50. The number of nitrogens with zero attached hydrogens (tertiary/aromatic N) is 1. The molecular formula is C14H10N2OS2. The van der Waals surface area contributed by atoms with Gasteiger partial charge in [-0.25, -0.2) is 4.98 Å². The van der Waals surface area contributed by atoms with Crippen LogP contribution in [0.15, 0.2) is 29.3 Å². The maximum Gasteiger partial charge on any atom is 0.235 e. The molecule has 94 valence electrons. The van der Waals surface area contributed by atoms with Crippen molar-refractivity contribution in [1.29, 1.82) is 0 Å². The standard InChI is InChI=1S/C14H10N2OS2/c17-11-7-18-12(15-11)6-13-16-14-9-4-2-1-3-8(9)5-10(14)19-13/h1-4,6H,5,7H2,(H,15,17)/b12-6+. The summed E-state index contributed by atoms with van der Waals surface area (Å²) in [6.07, 6.45) is 2.95. The van der Waals surface area contributed by atoms with Crippen molar-refractivity contribution in [3.05, 3.63) is 44.7 Å². The van der Waals surface area contributed by atoms with Crippen LogP contribution in [0.1, 0.15) is 15.4 Å². The van der Waals surface area contributed by atoms with Gasteiger partial charge in [0.05, 0.1) is 16.5 Å². The molecule has 0 unspecified atom stereocenters. The minimum Gasteiger partial charge on any atom is -0.320 e. The summed E-state index contributed by atoms with van der Waals surface area (Å²) >= 11 is 3.25. The van der Waals surface area contributed by atoms with E-state index < -0.39 is 0 Å². The molecule has 0 bridgehead atoms. The third kappa shape index (κ3) is 1.89. The van der Waals surface area contributed by atoms with E-state index in [-0.39, 0.29) is 5.91 Å². The number of hydrogen-bond donors (Lipinski definition) is 1. The van der Waals surface area contributed by atoms with Crippen LogP contribution in [0.5, 0.6) is 0 Å². The van der Waals surface area contributed by atoms with E-state index in [1.54, 1.807) is 11.3 Å². The average Bonchev–Trinajstić information content (AvgIpc) is 3.04. The molecule has 2 heterocycles. The molecule has 0 atom stereocenters. The molecule has 1 fully saturated rings. The second-order valence-electron chi connectivity index (χ2n) is 4.50. The quantitative estimate of drug-likeness (QED) is 0.748. The van der Waals surface area contributed by atoms with Gasteiger partial charge >= 0.3 is 0 Å². The molecule has 1 amide bonds. The van der Waals surface area contributed by atoms with Gasteiger partial charge in [0.2, 0.25) is 5.91 Å². The van der Waals surface area contributed by atoms with Crippen molar-refractivity contribution in [3.8, 4) is 11.3 Å². The third-order valence-electron chi connectivity index (χ3n) is 3.21. The van der Waals surface area contributed by atoms with Crippen molar-refractivity contribution >= 4 is 35.1 Å². The largest absolute Gasteiger partial charge is 0.320 e. The van der Waals surface area contributed by atoms with Crippen molar-refractivity contribution in [2.45, 2.75) is 6.42 Å². The molecule has 2 aliphatic rings. The Morgan fingerprint density at radius 2 is 2.21 bits per heavy atom. The van der Waals surface area contributed by atoms with E-state index in [1.807, 2.05) is 6.08 Å². The minimum atomic E-state index is 0.0747. The lowest BCUT2D eigenvalue weighted by atomic mass is 10.1. The van der Waals surface area contributed by atoms with Gasteiger partial charge in [-0.1, -0.05) is 36.0 Å². The van der Waals surface area contributed by atoms with Gasteiger partial charge in [-0.15, -0.1) is 11.3 Å². The van der Waals surface area contributed by atoms with E-state index in [9.17, 15) is 4.79 Å². The van der Waals surface area contributed by atoms with Crippen LogP contribution < -0.4 is 5.32 Å². The topological polar surface area (TPSA) is 42.0 Å². The Morgan fingerprint density at radius 3 is 3.05 bits per heavy atom. The number of aromatic nitrogens is 1. The number of amides is 1. The van der Waals surface area contributed by atoms with Gasteiger partial charge < -0.3 is 5.32 Å². The van der Waals surface area contributed by atoms with Crippen molar-refractivity contribution in [3.63, 3.8) is 0 Å². The van der Waals surface area contributed by atoms with Crippen LogP contribution in [0.4, 0.5) is 0 Å². The highest BCUT2D eigenvalue weighted by molar-refractivity contribution is 8.04. The van der Waals surface area contributed by atoms with E-state index in [0.717, 1.165) is 22.2 Å². The molecule has 0 spiro atoms. The molecular weight excluding hydrogens is 276 g/mol. The number of hydrogen-bond acceptors (Lipinski definition) is 4. The van der Waals surface area contributed by atoms with Gasteiger partial charge in [0.25, 0.3) is 0 Å². The van der Waals surface area contributed by atoms with Crippen LogP contribution in [0.2, 0.25) is 0 Å². The number of carbonyl (C=O) groups excluding carboxylic acids is 1. The van der Waals surface area contributed by atoms with Crippen LogP contribution in [-0.2, 0) is 11.2 Å². The lowest BCUT2D eigenvalue weighted by molar-refractivity contribution is -0.117. The Hall–Kier alpha value is -1.59. The first-order valence-electron chi connectivity index (χ1n) is 6.02. The van der Waals surface area contributed by atoms with Crippen molar-refractivity contribution in [2.75, 3.05) is 5.75 Å². The van der Waals surface area contributed by atoms with Gasteiger partial charge in [0, 0.05) is 22.9 Å². The monoisotopic (exact) mass is 286 g/mol. The van der Waals surface area contributed by atoms with Crippen molar-refractivity contribution in [2.24, 2.45) is 0 Å². The molecule has 0 radical (unpaired) electrons. The van der Waals surface area contributed by atoms with Gasteiger partial charge in [-0.05, 0) is 5.56 Å². The first-order valence-corrected chi connectivity index (χ1v) is 7.82. The fraction of sp³-hybridized carbons (Fsp3) is 0.143. The number of benzene rings is 1. The average molecular weight is 286 g/mol. The number of thioether (sulfide) groups is 1. The van der Waals surface area contributed by atoms with E-state index in [4.69, 9.17) is 4.98 Å². The SMILES string of the molecule is O=C1CS/C(=C/c2nc3c(s2)Cc2ccccc2-3)N1. The second-order valence-corrected chi connectivity index (χ2v) is 6.64. The molecule has 5 heteroatoms. The second kappa shape index (κ2) is 4.21. The van der Waals surface area contributed by atoms with Crippen LogP contribution in [0.25, 0.3) is 17.3 Å². The Morgan fingerprint density at radius 1 is 1.32 bits per heavy atom. The minimum absolute atomic E-state index is 0.0747. The highest BCUT2D eigenvalue weighted by Gasteiger charge is 2.23. The lowest BCUT2D eigenvalue weighted by Gasteiger charge is -1.97. The van der Waals surface area contributed by atoms with E-state index in [0.29, 0.717) is 5.75 Å². The summed E-state index contributed by atoms with van der Waals surface area (Å²) in [5.41, 5.74) is 3.72. The summed E-state index contributed by atoms with van der Waals surface area (Å²) in [6, 6.07) is 8.42. The van der Waals surface area contributed by atoms with E-state index in [1.165, 1.54) is 27.8 Å². The number of carbonyl (C=O) groups is 1.